The van der Waals surface area contributed by atoms with Gasteiger partial charge in [-0.25, -0.2) is 0 Å². The van der Waals surface area contributed by atoms with Gasteiger partial charge in [0.2, 0.25) is 11.8 Å². The van der Waals surface area contributed by atoms with Crippen molar-refractivity contribution in [2.45, 2.75) is 75.8 Å². The Labute approximate surface area is 197 Å². The van der Waals surface area contributed by atoms with E-state index in [0.29, 0.717) is 18.7 Å². The molecule has 1 atom stereocenters. The first-order valence-corrected chi connectivity index (χ1v) is 12.9. The molecule has 0 spiro atoms. The minimum atomic E-state index is -0.424. The summed E-state index contributed by atoms with van der Waals surface area (Å²) in [6.45, 7) is 4.61. The molecule has 0 bridgehead atoms. The zero-order chi connectivity index (χ0) is 22.8. The molecule has 5 heteroatoms. The molecule has 0 saturated heterocycles. The Balaban J connectivity index is 1.68. The van der Waals surface area contributed by atoms with Gasteiger partial charge in [-0.2, -0.15) is 0 Å². The predicted octanol–water partition coefficient (Wildman–Crippen LogP) is 5.39. The molecule has 32 heavy (non-hydrogen) atoms. The quantitative estimate of drug-likeness (QED) is 0.492. The van der Waals surface area contributed by atoms with E-state index >= 15 is 0 Å². The first-order chi connectivity index (χ1) is 15.6. The van der Waals surface area contributed by atoms with Crippen LogP contribution < -0.4 is 5.32 Å². The van der Waals surface area contributed by atoms with Crippen LogP contribution in [0.5, 0.6) is 0 Å². The molecular formula is C27H36N2O2S. The Morgan fingerprint density at radius 3 is 2.38 bits per heavy atom. The molecule has 0 heterocycles. The summed E-state index contributed by atoms with van der Waals surface area (Å²) in [7, 11) is 0. The molecule has 2 aromatic rings. The molecule has 0 radical (unpaired) electrons. The minimum Gasteiger partial charge on any atom is -0.352 e. The van der Waals surface area contributed by atoms with Gasteiger partial charge in [0.05, 0.1) is 5.75 Å². The number of hydrogen-bond donors (Lipinski definition) is 1. The lowest BCUT2D eigenvalue weighted by molar-refractivity contribution is -0.139. The molecule has 172 valence electrons. The average Bonchev–Trinajstić information content (AvgIpc) is 2.82. The van der Waals surface area contributed by atoms with Gasteiger partial charge in [0.1, 0.15) is 6.04 Å². The number of thioether (sulfide) groups is 1. The zero-order valence-electron chi connectivity index (χ0n) is 19.4. The molecule has 4 nitrogen and oxygen atoms in total. The molecular weight excluding hydrogens is 416 g/mol. The largest absolute Gasteiger partial charge is 0.352 e. The van der Waals surface area contributed by atoms with Gasteiger partial charge in [-0.05, 0) is 50.3 Å². The van der Waals surface area contributed by atoms with Crippen LogP contribution in [0.15, 0.2) is 59.5 Å². The molecule has 3 rings (SSSR count). The lowest BCUT2D eigenvalue weighted by atomic mass is 9.95. The van der Waals surface area contributed by atoms with E-state index in [-0.39, 0.29) is 17.9 Å². The predicted molar refractivity (Wildman–Crippen MR) is 133 cm³/mol. The van der Waals surface area contributed by atoms with Gasteiger partial charge in [0.15, 0.2) is 0 Å². The summed E-state index contributed by atoms with van der Waals surface area (Å²) >= 11 is 1.54. The summed E-state index contributed by atoms with van der Waals surface area (Å²) < 4.78 is 0. The maximum atomic E-state index is 13.3. The molecule has 1 saturated carbocycles. The Morgan fingerprint density at radius 2 is 1.72 bits per heavy atom. The van der Waals surface area contributed by atoms with E-state index in [1.54, 1.807) is 0 Å². The molecule has 1 N–H and O–H groups in total. The topological polar surface area (TPSA) is 49.4 Å². The first kappa shape index (κ1) is 24.4. The number of amides is 2. The van der Waals surface area contributed by atoms with E-state index in [1.807, 2.05) is 30.0 Å². The lowest BCUT2D eigenvalue weighted by Gasteiger charge is -2.32. The van der Waals surface area contributed by atoms with Crippen LogP contribution in [0, 0.1) is 6.92 Å². The molecule has 2 amide bonds. The summed E-state index contributed by atoms with van der Waals surface area (Å²) in [6.07, 6.45) is 7.05. The van der Waals surface area contributed by atoms with Gasteiger partial charge in [-0.15, -0.1) is 11.8 Å². The van der Waals surface area contributed by atoms with Crippen LogP contribution in [0.4, 0.5) is 0 Å². The van der Waals surface area contributed by atoms with Crippen molar-refractivity contribution in [3.63, 3.8) is 0 Å². The summed E-state index contributed by atoms with van der Waals surface area (Å²) in [5, 5.41) is 3.24. The van der Waals surface area contributed by atoms with E-state index in [2.05, 4.69) is 48.6 Å². The smallest absolute Gasteiger partial charge is 0.243 e. The number of hydrogen-bond acceptors (Lipinski definition) is 3. The van der Waals surface area contributed by atoms with Crippen molar-refractivity contribution in [2.75, 3.05) is 12.3 Å². The second-order valence-corrected chi connectivity index (χ2v) is 9.74. The monoisotopic (exact) mass is 452 g/mol. The van der Waals surface area contributed by atoms with Crippen molar-refractivity contribution in [1.82, 2.24) is 10.2 Å². The van der Waals surface area contributed by atoms with Gasteiger partial charge < -0.3 is 10.2 Å². The summed E-state index contributed by atoms with van der Waals surface area (Å²) in [4.78, 5) is 29.4. The average molecular weight is 453 g/mol. The fraction of sp³-hybridized carbons (Fsp3) is 0.481. The van der Waals surface area contributed by atoms with E-state index < -0.39 is 6.04 Å². The van der Waals surface area contributed by atoms with Gasteiger partial charge >= 0.3 is 0 Å². The number of rotatable bonds is 10. The number of carbonyl (C=O) groups is 2. The van der Waals surface area contributed by atoms with Gasteiger partial charge in [0.25, 0.3) is 0 Å². The summed E-state index contributed by atoms with van der Waals surface area (Å²) in [6, 6.07) is 18.2. The van der Waals surface area contributed by atoms with Crippen LogP contribution in [0.1, 0.15) is 56.6 Å². The summed E-state index contributed by atoms with van der Waals surface area (Å²) in [5.41, 5.74) is 2.38. The third kappa shape index (κ3) is 7.40. The van der Waals surface area contributed by atoms with Gasteiger partial charge in [-0.3, -0.25) is 9.59 Å². The van der Waals surface area contributed by atoms with Gasteiger partial charge in [0, 0.05) is 17.5 Å². The number of nitrogens with one attached hydrogen (secondary N) is 1. The molecule has 1 aliphatic rings. The van der Waals surface area contributed by atoms with Crippen molar-refractivity contribution in [1.29, 1.82) is 0 Å². The van der Waals surface area contributed by atoms with Crippen molar-refractivity contribution in [3.05, 3.63) is 65.7 Å². The van der Waals surface area contributed by atoms with Crippen LogP contribution in [0.25, 0.3) is 0 Å². The Hall–Kier alpha value is -2.27. The van der Waals surface area contributed by atoms with E-state index in [4.69, 9.17) is 0 Å². The molecule has 1 aliphatic carbocycles. The second kappa shape index (κ2) is 12.7. The fourth-order valence-corrected chi connectivity index (χ4v) is 5.09. The number of nitrogens with zero attached hydrogens (tertiary/aromatic N) is 1. The van der Waals surface area contributed by atoms with E-state index in [9.17, 15) is 9.59 Å². The Bertz CT molecular complexity index is 848. The SMILES string of the molecule is CCC(C(=O)NC1CCCCC1)N(CCc1ccccc1)C(=O)CSc1ccc(C)cc1. The minimum absolute atomic E-state index is 0.00106. The number of carbonyl (C=O) groups excluding carboxylic acids is 2. The van der Waals surface area contributed by atoms with Crippen LogP contribution in [-0.2, 0) is 16.0 Å². The van der Waals surface area contributed by atoms with Crippen molar-refractivity contribution >= 4 is 23.6 Å². The van der Waals surface area contributed by atoms with Crippen LogP contribution >= 0.6 is 11.8 Å². The maximum Gasteiger partial charge on any atom is 0.243 e. The molecule has 1 fully saturated rings. The van der Waals surface area contributed by atoms with Crippen LogP contribution in [-0.4, -0.2) is 41.1 Å². The summed E-state index contributed by atoms with van der Waals surface area (Å²) in [5.74, 6) is 0.365. The Morgan fingerprint density at radius 1 is 1.03 bits per heavy atom. The molecule has 0 aromatic heterocycles. The highest BCUT2D eigenvalue weighted by Gasteiger charge is 2.29. The van der Waals surface area contributed by atoms with E-state index in [1.165, 1.54) is 42.2 Å². The highest BCUT2D eigenvalue weighted by molar-refractivity contribution is 8.00. The van der Waals surface area contributed by atoms with Crippen molar-refractivity contribution in [3.8, 4) is 0 Å². The lowest BCUT2D eigenvalue weighted by Crippen LogP contribution is -2.52. The third-order valence-electron chi connectivity index (χ3n) is 6.20. The van der Waals surface area contributed by atoms with Gasteiger partial charge in [-0.1, -0.05) is 74.2 Å². The number of aryl methyl sites for hydroxylation is 1. The van der Waals surface area contributed by atoms with E-state index in [0.717, 1.165) is 24.2 Å². The standard InChI is InChI=1S/C27H36N2O2S/c1-3-25(27(31)28-23-12-8-5-9-13-23)29(19-18-22-10-6-4-7-11-22)26(30)20-32-24-16-14-21(2)15-17-24/h4,6-7,10-11,14-17,23,25H,3,5,8-9,12-13,18-20H2,1-2H3,(H,28,31). The number of benzene rings is 2. The first-order valence-electron chi connectivity index (χ1n) is 11.9. The van der Waals surface area contributed by atoms with Crippen molar-refractivity contribution in [2.24, 2.45) is 0 Å². The van der Waals surface area contributed by atoms with Crippen molar-refractivity contribution < 1.29 is 9.59 Å². The highest BCUT2D eigenvalue weighted by atomic mass is 32.2. The van der Waals surface area contributed by atoms with Crippen LogP contribution in [0.2, 0.25) is 0 Å². The normalized spacial score (nSPS) is 15.2. The molecule has 1 unspecified atom stereocenters. The fourth-order valence-electron chi connectivity index (χ4n) is 4.30. The highest BCUT2D eigenvalue weighted by Crippen LogP contribution is 2.21. The second-order valence-electron chi connectivity index (χ2n) is 8.69. The molecule has 2 aromatic carbocycles. The maximum absolute atomic E-state index is 13.3. The molecule has 0 aliphatic heterocycles. The third-order valence-corrected chi connectivity index (χ3v) is 7.20. The van der Waals surface area contributed by atoms with Crippen LogP contribution in [0.3, 0.4) is 0 Å². The zero-order valence-corrected chi connectivity index (χ0v) is 20.2. The Kier molecular flexibility index (Phi) is 9.66.